The summed E-state index contributed by atoms with van der Waals surface area (Å²) in [6, 6.07) is 0.823. The molecule has 0 aromatic heterocycles. The van der Waals surface area contributed by atoms with Gasteiger partial charge in [-0.25, -0.2) is 0 Å². The molecule has 0 aliphatic heterocycles. The molecule has 1 aliphatic rings. The van der Waals surface area contributed by atoms with E-state index in [-0.39, 0.29) is 0 Å². The van der Waals surface area contributed by atoms with Gasteiger partial charge in [0.25, 0.3) is 0 Å². The lowest BCUT2D eigenvalue weighted by molar-refractivity contribution is 0.279. The number of hydrogen-bond donors (Lipinski definition) is 1. The van der Waals surface area contributed by atoms with Crippen LogP contribution in [0.1, 0.15) is 84.5 Å². The van der Waals surface area contributed by atoms with Crippen LogP contribution in [0.25, 0.3) is 0 Å². The van der Waals surface area contributed by atoms with Crippen LogP contribution in [0.5, 0.6) is 0 Å². The molecule has 0 heterocycles. The van der Waals surface area contributed by atoms with Crippen LogP contribution in [0.2, 0.25) is 0 Å². The van der Waals surface area contributed by atoms with Gasteiger partial charge in [0, 0.05) is 6.04 Å². The van der Waals surface area contributed by atoms with Crippen molar-refractivity contribution in [3.05, 3.63) is 0 Å². The van der Waals surface area contributed by atoms with Gasteiger partial charge < -0.3 is 5.32 Å². The van der Waals surface area contributed by atoms with E-state index in [1.807, 2.05) is 0 Å². The highest BCUT2D eigenvalue weighted by Gasteiger charge is 2.19. The van der Waals surface area contributed by atoms with E-state index in [4.69, 9.17) is 0 Å². The topological polar surface area (TPSA) is 12.0 Å². The highest BCUT2D eigenvalue weighted by molar-refractivity contribution is 4.77. The Morgan fingerprint density at radius 3 is 2.24 bits per heavy atom. The molecule has 1 N–H and O–H groups in total. The van der Waals surface area contributed by atoms with E-state index >= 15 is 0 Å². The number of unbranched alkanes of at least 4 members (excludes halogenated alkanes) is 6. The summed E-state index contributed by atoms with van der Waals surface area (Å²) in [7, 11) is 0. The van der Waals surface area contributed by atoms with E-state index in [9.17, 15) is 0 Å². The van der Waals surface area contributed by atoms with E-state index in [1.54, 1.807) is 0 Å². The zero-order chi connectivity index (χ0) is 12.3. The molecule has 1 rings (SSSR count). The average Bonchev–Trinajstić information content (AvgIpc) is 2.35. The van der Waals surface area contributed by atoms with Gasteiger partial charge in [-0.3, -0.25) is 0 Å². The van der Waals surface area contributed by atoms with Crippen molar-refractivity contribution in [3.8, 4) is 0 Å². The fourth-order valence-corrected chi connectivity index (χ4v) is 2.99. The van der Waals surface area contributed by atoms with Crippen LogP contribution >= 0.6 is 0 Å². The van der Waals surface area contributed by atoms with Crippen molar-refractivity contribution in [2.45, 2.75) is 90.5 Å². The highest BCUT2D eigenvalue weighted by atomic mass is 14.9. The van der Waals surface area contributed by atoms with Crippen LogP contribution < -0.4 is 5.32 Å². The molecule has 0 amide bonds. The predicted octanol–water partition coefficient (Wildman–Crippen LogP) is 4.91. The summed E-state index contributed by atoms with van der Waals surface area (Å²) in [6.07, 6.45) is 15.7. The van der Waals surface area contributed by atoms with Gasteiger partial charge in [0.1, 0.15) is 0 Å². The normalized spacial score (nSPS) is 25.1. The lowest BCUT2D eigenvalue weighted by atomic mass is 9.86. The Kier molecular flexibility index (Phi) is 8.78. The van der Waals surface area contributed by atoms with Gasteiger partial charge in [-0.2, -0.15) is 0 Å². The summed E-state index contributed by atoms with van der Waals surface area (Å²) in [6.45, 7) is 5.96. The molecule has 0 aromatic rings. The third-order valence-electron chi connectivity index (χ3n) is 4.30. The van der Waals surface area contributed by atoms with Gasteiger partial charge >= 0.3 is 0 Å². The Balaban J connectivity index is 1.86. The third-order valence-corrected chi connectivity index (χ3v) is 4.30. The zero-order valence-electron chi connectivity index (χ0n) is 12.1. The maximum absolute atomic E-state index is 3.77. The third kappa shape index (κ3) is 7.08. The molecule has 0 saturated heterocycles. The van der Waals surface area contributed by atoms with Crippen LogP contribution in [0.15, 0.2) is 0 Å². The van der Waals surface area contributed by atoms with Crippen molar-refractivity contribution >= 4 is 0 Å². The van der Waals surface area contributed by atoms with Crippen LogP contribution in [-0.4, -0.2) is 12.6 Å². The average molecular weight is 239 g/mol. The molecule has 1 aliphatic carbocycles. The first kappa shape index (κ1) is 15.0. The van der Waals surface area contributed by atoms with Gasteiger partial charge in [-0.15, -0.1) is 0 Å². The minimum Gasteiger partial charge on any atom is -0.314 e. The van der Waals surface area contributed by atoms with Crippen LogP contribution in [-0.2, 0) is 0 Å². The highest BCUT2D eigenvalue weighted by Crippen LogP contribution is 2.23. The number of hydrogen-bond acceptors (Lipinski definition) is 1. The van der Waals surface area contributed by atoms with Gasteiger partial charge in [0.15, 0.2) is 0 Å². The van der Waals surface area contributed by atoms with Gasteiger partial charge in [0.05, 0.1) is 0 Å². The first-order valence-corrected chi connectivity index (χ1v) is 8.08. The molecule has 2 unspecified atom stereocenters. The molecule has 17 heavy (non-hydrogen) atoms. The van der Waals surface area contributed by atoms with Crippen molar-refractivity contribution < 1.29 is 0 Å². The molecule has 0 radical (unpaired) electrons. The molecule has 0 spiro atoms. The van der Waals surface area contributed by atoms with Crippen molar-refractivity contribution in [1.82, 2.24) is 5.32 Å². The summed E-state index contributed by atoms with van der Waals surface area (Å²) < 4.78 is 0. The SMILES string of the molecule is CCCCCCCCCNC1CCCCC1C. The predicted molar refractivity (Wildman–Crippen MR) is 77.4 cm³/mol. The van der Waals surface area contributed by atoms with Crippen LogP contribution in [0.3, 0.4) is 0 Å². The van der Waals surface area contributed by atoms with E-state index in [1.165, 1.54) is 77.2 Å². The Morgan fingerprint density at radius 2 is 1.53 bits per heavy atom. The molecular formula is C16H33N. The Labute approximate surface area is 109 Å². The molecule has 0 aromatic carbocycles. The maximum Gasteiger partial charge on any atom is 0.00926 e. The van der Waals surface area contributed by atoms with Crippen LogP contribution in [0.4, 0.5) is 0 Å². The Hall–Kier alpha value is -0.0400. The lowest BCUT2D eigenvalue weighted by Gasteiger charge is -2.29. The zero-order valence-corrected chi connectivity index (χ0v) is 12.1. The Morgan fingerprint density at radius 1 is 0.882 bits per heavy atom. The minimum absolute atomic E-state index is 0.823. The second kappa shape index (κ2) is 9.94. The van der Waals surface area contributed by atoms with Gasteiger partial charge in [-0.1, -0.05) is 65.2 Å². The molecular weight excluding hydrogens is 206 g/mol. The molecule has 0 bridgehead atoms. The second-order valence-corrected chi connectivity index (χ2v) is 5.94. The summed E-state index contributed by atoms with van der Waals surface area (Å²) in [5.41, 5.74) is 0. The monoisotopic (exact) mass is 239 g/mol. The molecule has 1 nitrogen and oxygen atoms in total. The number of nitrogens with one attached hydrogen (secondary N) is 1. The fourth-order valence-electron chi connectivity index (χ4n) is 2.99. The molecule has 2 atom stereocenters. The quantitative estimate of drug-likeness (QED) is 0.564. The lowest BCUT2D eigenvalue weighted by Crippen LogP contribution is -2.37. The number of rotatable bonds is 9. The van der Waals surface area contributed by atoms with Crippen molar-refractivity contribution in [2.24, 2.45) is 5.92 Å². The summed E-state index contributed by atoms with van der Waals surface area (Å²) in [5, 5.41) is 3.77. The smallest absolute Gasteiger partial charge is 0.00926 e. The van der Waals surface area contributed by atoms with E-state index < -0.39 is 0 Å². The molecule has 1 heteroatoms. The fraction of sp³-hybridized carbons (Fsp3) is 1.00. The summed E-state index contributed by atoms with van der Waals surface area (Å²) in [5.74, 6) is 0.910. The van der Waals surface area contributed by atoms with E-state index in [0.717, 1.165) is 12.0 Å². The summed E-state index contributed by atoms with van der Waals surface area (Å²) in [4.78, 5) is 0. The molecule has 1 fully saturated rings. The van der Waals surface area contributed by atoms with Crippen LogP contribution in [0, 0.1) is 5.92 Å². The van der Waals surface area contributed by atoms with E-state index in [0.29, 0.717) is 0 Å². The molecule has 102 valence electrons. The minimum atomic E-state index is 0.823. The maximum atomic E-state index is 3.77. The van der Waals surface area contributed by atoms with Crippen molar-refractivity contribution in [3.63, 3.8) is 0 Å². The second-order valence-electron chi connectivity index (χ2n) is 5.94. The standard InChI is InChI=1S/C16H33N/c1-3-4-5-6-7-8-11-14-17-16-13-10-9-12-15(16)2/h15-17H,3-14H2,1-2H3. The first-order chi connectivity index (χ1) is 8.34. The van der Waals surface area contributed by atoms with Crippen molar-refractivity contribution in [1.29, 1.82) is 0 Å². The van der Waals surface area contributed by atoms with Gasteiger partial charge in [0.2, 0.25) is 0 Å². The van der Waals surface area contributed by atoms with Crippen molar-refractivity contribution in [2.75, 3.05) is 6.54 Å². The van der Waals surface area contributed by atoms with E-state index in [2.05, 4.69) is 19.2 Å². The summed E-state index contributed by atoms with van der Waals surface area (Å²) >= 11 is 0. The van der Waals surface area contributed by atoms with Gasteiger partial charge in [-0.05, 0) is 31.7 Å². The Bertz CT molecular complexity index is 167. The molecule has 1 saturated carbocycles. The first-order valence-electron chi connectivity index (χ1n) is 8.08. The largest absolute Gasteiger partial charge is 0.314 e.